The standard InChI is InChI=1S/C27H30N8O4S3/c36-22(15-20-7-3-4-12-28-20)30-26-34-32-24(40-26)10-13-42(38,39)14-11-25-33-35-27(41-25)31-23(37)16-21-9-8-19(17-29-21)18-5-1-2-6-18/h3-4,7-9,12,17-18H,1-2,5-6,10-11,13-16H2,(H,30,34,36)(H,31,35,37). The number of aromatic nitrogens is 6. The van der Waals surface area contributed by atoms with Crippen LogP contribution in [0.25, 0.3) is 0 Å². The van der Waals surface area contributed by atoms with Gasteiger partial charge in [-0.25, -0.2) is 8.42 Å². The molecule has 1 saturated carbocycles. The molecule has 0 atom stereocenters. The van der Waals surface area contributed by atoms with Gasteiger partial charge in [-0.05, 0) is 42.5 Å². The Morgan fingerprint density at radius 1 is 0.786 bits per heavy atom. The van der Waals surface area contributed by atoms with Crippen molar-refractivity contribution in [2.45, 2.75) is 57.3 Å². The number of sulfone groups is 1. The lowest BCUT2D eigenvalue weighted by Crippen LogP contribution is -2.15. The molecular weight excluding hydrogens is 597 g/mol. The zero-order chi connectivity index (χ0) is 29.4. The number of carbonyl (C=O) groups is 2. The molecule has 0 radical (unpaired) electrons. The summed E-state index contributed by atoms with van der Waals surface area (Å²) in [4.78, 5) is 33.2. The molecule has 15 heteroatoms. The Labute approximate surface area is 251 Å². The molecule has 5 rings (SSSR count). The Morgan fingerprint density at radius 2 is 1.38 bits per heavy atom. The van der Waals surface area contributed by atoms with Gasteiger partial charge in [0, 0.05) is 36.6 Å². The largest absolute Gasteiger partial charge is 0.300 e. The van der Waals surface area contributed by atoms with E-state index in [9.17, 15) is 18.0 Å². The van der Waals surface area contributed by atoms with Crippen molar-refractivity contribution in [3.8, 4) is 0 Å². The first-order valence-corrected chi connectivity index (χ1v) is 17.1. The molecule has 12 nitrogen and oxygen atoms in total. The van der Waals surface area contributed by atoms with Crippen molar-refractivity contribution < 1.29 is 18.0 Å². The van der Waals surface area contributed by atoms with Crippen molar-refractivity contribution in [2.24, 2.45) is 0 Å². The first kappa shape index (κ1) is 29.8. The monoisotopic (exact) mass is 626 g/mol. The first-order chi connectivity index (χ1) is 20.3. The van der Waals surface area contributed by atoms with Gasteiger partial charge in [-0.3, -0.25) is 19.6 Å². The maximum Gasteiger partial charge on any atom is 0.232 e. The summed E-state index contributed by atoms with van der Waals surface area (Å²) in [5, 5.41) is 23.0. The van der Waals surface area contributed by atoms with Crippen LogP contribution in [0.15, 0.2) is 42.7 Å². The van der Waals surface area contributed by atoms with Crippen LogP contribution in [0, 0.1) is 0 Å². The van der Waals surface area contributed by atoms with Gasteiger partial charge in [-0.15, -0.1) is 20.4 Å². The van der Waals surface area contributed by atoms with Crippen LogP contribution in [-0.4, -0.2) is 62.1 Å². The van der Waals surface area contributed by atoms with E-state index in [0.29, 0.717) is 37.6 Å². The fourth-order valence-electron chi connectivity index (χ4n) is 4.60. The summed E-state index contributed by atoms with van der Waals surface area (Å²) in [6, 6.07) is 9.28. The molecule has 4 aromatic rings. The molecule has 0 unspecified atom stereocenters. The van der Waals surface area contributed by atoms with Gasteiger partial charge in [-0.1, -0.05) is 47.6 Å². The maximum absolute atomic E-state index is 12.6. The van der Waals surface area contributed by atoms with E-state index >= 15 is 0 Å². The molecule has 4 heterocycles. The fraction of sp³-hybridized carbons (Fsp3) is 0.407. The number of hydrogen-bond acceptors (Lipinski definition) is 12. The predicted octanol–water partition coefficient (Wildman–Crippen LogP) is 3.40. The third-order valence-corrected chi connectivity index (χ3v) is 10.2. The van der Waals surface area contributed by atoms with E-state index in [2.05, 4.69) is 47.1 Å². The maximum atomic E-state index is 12.6. The molecule has 42 heavy (non-hydrogen) atoms. The zero-order valence-corrected chi connectivity index (χ0v) is 25.2. The fourth-order valence-corrected chi connectivity index (χ4v) is 7.58. The van der Waals surface area contributed by atoms with Crippen molar-refractivity contribution in [1.29, 1.82) is 0 Å². The summed E-state index contributed by atoms with van der Waals surface area (Å²) in [6.45, 7) is 0. The quantitative estimate of drug-likeness (QED) is 0.224. The Kier molecular flexibility index (Phi) is 9.92. The summed E-state index contributed by atoms with van der Waals surface area (Å²) in [6.07, 6.45) is 8.98. The minimum Gasteiger partial charge on any atom is -0.300 e. The van der Waals surface area contributed by atoms with E-state index < -0.39 is 9.84 Å². The van der Waals surface area contributed by atoms with Crippen molar-refractivity contribution in [1.82, 2.24) is 30.4 Å². The van der Waals surface area contributed by atoms with E-state index in [1.165, 1.54) is 31.2 Å². The molecule has 0 aliphatic heterocycles. The van der Waals surface area contributed by atoms with Gasteiger partial charge in [-0.2, -0.15) is 0 Å². The molecule has 0 aromatic carbocycles. The molecule has 2 amide bonds. The second kappa shape index (κ2) is 14.0. The van der Waals surface area contributed by atoms with Gasteiger partial charge in [0.1, 0.15) is 10.0 Å². The predicted molar refractivity (Wildman–Crippen MR) is 160 cm³/mol. The second-order valence-corrected chi connectivity index (χ2v) is 14.4. The van der Waals surface area contributed by atoms with Crippen LogP contribution in [-0.2, 0) is 45.1 Å². The van der Waals surface area contributed by atoms with Crippen molar-refractivity contribution in [2.75, 3.05) is 22.1 Å². The average molecular weight is 627 g/mol. The number of amides is 2. The van der Waals surface area contributed by atoms with Crippen LogP contribution >= 0.6 is 22.7 Å². The highest BCUT2D eigenvalue weighted by atomic mass is 32.2. The molecule has 1 aliphatic carbocycles. The van der Waals surface area contributed by atoms with Gasteiger partial charge in [0.15, 0.2) is 9.84 Å². The number of nitrogens with zero attached hydrogens (tertiary/aromatic N) is 6. The molecule has 0 spiro atoms. The number of aryl methyl sites for hydroxylation is 2. The molecular formula is C27H30N8O4S3. The smallest absolute Gasteiger partial charge is 0.232 e. The second-order valence-electron chi connectivity index (χ2n) is 9.99. The van der Waals surface area contributed by atoms with Crippen LogP contribution in [0.3, 0.4) is 0 Å². The van der Waals surface area contributed by atoms with Crippen LogP contribution in [0.5, 0.6) is 0 Å². The van der Waals surface area contributed by atoms with Crippen molar-refractivity contribution in [3.63, 3.8) is 0 Å². The lowest BCUT2D eigenvalue weighted by molar-refractivity contribution is -0.116. The number of rotatable bonds is 13. The van der Waals surface area contributed by atoms with Crippen LogP contribution in [0.1, 0.15) is 58.6 Å². The number of carbonyl (C=O) groups excluding carboxylic acids is 2. The minimum absolute atomic E-state index is 0.104. The van der Waals surface area contributed by atoms with E-state index in [0.717, 1.165) is 22.7 Å². The summed E-state index contributed by atoms with van der Waals surface area (Å²) in [5.74, 6) is -0.182. The first-order valence-electron chi connectivity index (χ1n) is 13.6. The highest BCUT2D eigenvalue weighted by Gasteiger charge is 2.19. The molecule has 1 aliphatic rings. The highest BCUT2D eigenvalue weighted by molar-refractivity contribution is 7.91. The van der Waals surface area contributed by atoms with Gasteiger partial charge >= 0.3 is 0 Å². The highest BCUT2D eigenvalue weighted by Crippen LogP contribution is 2.33. The SMILES string of the molecule is O=C(Cc1ccccn1)Nc1nnc(CCS(=O)(=O)CCc2nnc(NC(=O)Cc3ccc(C4CCCC4)cn3)s2)s1. The summed E-state index contributed by atoms with van der Waals surface area (Å²) in [7, 11) is -3.41. The van der Waals surface area contributed by atoms with E-state index in [4.69, 9.17) is 0 Å². The molecule has 1 fully saturated rings. The van der Waals surface area contributed by atoms with Crippen molar-refractivity contribution >= 4 is 54.6 Å². The number of pyridine rings is 2. The topological polar surface area (TPSA) is 170 Å². The zero-order valence-electron chi connectivity index (χ0n) is 22.7. The van der Waals surface area contributed by atoms with E-state index in [-0.39, 0.29) is 49.0 Å². The minimum atomic E-state index is -3.41. The number of nitrogens with one attached hydrogen (secondary N) is 2. The molecule has 0 saturated heterocycles. The average Bonchev–Trinajstić information content (AvgIpc) is 3.75. The lowest BCUT2D eigenvalue weighted by Gasteiger charge is -2.09. The van der Waals surface area contributed by atoms with E-state index in [1.54, 1.807) is 24.4 Å². The third kappa shape index (κ3) is 8.90. The Morgan fingerprint density at radius 3 is 1.90 bits per heavy atom. The number of hydrogen-bond donors (Lipinski definition) is 2. The molecule has 0 bridgehead atoms. The number of anilines is 2. The van der Waals surface area contributed by atoms with Gasteiger partial charge in [0.05, 0.1) is 24.3 Å². The Hall–Kier alpha value is -3.69. The Bertz CT molecular complexity index is 1600. The van der Waals surface area contributed by atoms with Gasteiger partial charge < -0.3 is 10.6 Å². The lowest BCUT2D eigenvalue weighted by atomic mass is 9.99. The molecule has 2 N–H and O–H groups in total. The Balaban J connectivity index is 1.03. The van der Waals surface area contributed by atoms with E-state index in [1.807, 2.05) is 12.3 Å². The summed E-state index contributed by atoms with van der Waals surface area (Å²) >= 11 is 2.29. The van der Waals surface area contributed by atoms with Crippen LogP contribution in [0.2, 0.25) is 0 Å². The van der Waals surface area contributed by atoms with Gasteiger partial charge in [0.25, 0.3) is 0 Å². The summed E-state index contributed by atoms with van der Waals surface area (Å²) < 4.78 is 25.2. The van der Waals surface area contributed by atoms with Crippen molar-refractivity contribution in [3.05, 3.63) is 69.7 Å². The molecule has 4 aromatic heterocycles. The van der Waals surface area contributed by atoms with Gasteiger partial charge in [0.2, 0.25) is 22.1 Å². The van der Waals surface area contributed by atoms with Crippen LogP contribution < -0.4 is 10.6 Å². The molecule has 220 valence electrons. The van der Waals surface area contributed by atoms with Crippen LogP contribution in [0.4, 0.5) is 10.3 Å². The normalized spacial score (nSPS) is 13.7. The third-order valence-electron chi connectivity index (χ3n) is 6.76. The summed E-state index contributed by atoms with van der Waals surface area (Å²) in [5.41, 5.74) is 2.54.